The van der Waals surface area contributed by atoms with Crippen LogP contribution in [-0.2, 0) is 6.42 Å². The molecular weight excluding hydrogens is 236 g/mol. The Hall–Kier alpha value is -1.87. The van der Waals surface area contributed by atoms with Gasteiger partial charge in [-0.25, -0.2) is 0 Å². The van der Waals surface area contributed by atoms with Gasteiger partial charge in [-0.2, -0.15) is 0 Å². The van der Waals surface area contributed by atoms with E-state index in [-0.39, 0.29) is 6.10 Å². The van der Waals surface area contributed by atoms with Crippen LogP contribution in [-0.4, -0.2) is 24.7 Å². The predicted octanol–water partition coefficient (Wildman–Crippen LogP) is 2.66. The Morgan fingerprint density at radius 1 is 1.32 bits per heavy atom. The van der Waals surface area contributed by atoms with E-state index < -0.39 is 0 Å². The van der Waals surface area contributed by atoms with Gasteiger partial charge in [0.2, 0.25) is 0 Å². The van der Waals surface area contributed by atoms with Crippen molar-refractivity contribution < 1.29 is 4.74 Å². The molecule has 1 aromatic heterocycles. The predicted molar refractivity (Wildman–Crippen MR) is 76.3 cm³/mol. The summed E-state index contributed by atoms with van der Waals surface area (Å²) in [6, 6.07) is 10.4. The van der Waals surface area contributed by atoms with Gasteiger partial charge in [0, 0.05) is 30.1 Å². The molecule has 0 unspecified atom stereocenters. The van der Waals surface area contributed by atoms with Crippen LogP contribution in [0.5, 0.6) is 5.75 Å². The second kappa shape index (κ2) is 5.41. The minimum absolute atomic E-state index is 0.260. The van der Waals surface area contributed by atoms with Crippen LogP contribution in [0, 0.1) is 0 Å². The summed E-state index contributed by atoms with van der Waals surface area (Å²) in [5.41, 5.74) is 3.56. The van der Waals surface area contributed by atoms with Gasteiger partial charge in [-0.3, -0.25) is 4.98 Å². The van der Waals surface area contributed by atoms with Gasteiger partial charge >= 0.3 is 0 Å². The van der Waals surface area contributed by atoms with Crippen molar-refractivity contribution in [3.63, 3.8) is 0 Å². The number of nitrogens with zero attached hydrogens (tertiary/aromatic N) is 1. The first-order valence-electron chi connectivity index (χ1n) is 6.72. The number of fused-ring (bicyclic) bond motifs is 1. The van der Waals surface area contributed by atoms with E-state index in [1.807, 2.05) is 19.3 Å². The Labute approximate surface area is 113 Å². The summed E-state index contributed by atoms with van der Waals surface area (Å²) in [6.45, 7) is 0.890. The van der Waals surface area contributed by atoms with E-state index in [1.165, 1.54) is 5.56 Å². The molecular formula is C16H18N2O. The molecule has 0 fully saturated rings. The molecule has 2 aromatic rings. The van der Waals surface area contributed by atoms with E-state index in [9.17, 15) is 0 Å². The van der Waals surface area contributed by atoms with Crippen LogP contribution in [0.15, 0.2) is 42.7 Å². The maximum Gasteiger partial charge on any atom is 0.130 e. The summed E-state index contributed by atoms with van der Waals surface area (Å²) >= 11 is 0. The zero-order valence-corrected chi connectivity index (χ0v) is 11.1. The van der Waals surface area contributed by atoms with E-state index in [4.69, 9.17) is 4.74 Å². The van der Waals surface area contributed by atoms with Gasteiger partial charge < -0.3 is 10.1 Å². The fourth-order valence-electron chi connectivity index (χ4n) is 2.58. The number of aryl methyl sites for hydroxylation is 1. The SMILES string of the molecule is CNC[C@H]1CCc2cccc(-c3cccnc3)c2O1. The zero-order valence-electron chi connectivity index (χ0n) is 11.1. The molecule has 0 saturated heterocycles. The fraction of sp³-hybridized carbons (Fsp3) is 0.312. The minimum atomic E-state index is 0.260. The molecule has 1 N–H and O–H groups in total. The minimum Gasteiger partial charge on any atom is -0.488 e. The molecule has 0 aliphatic carbocycles. The van der Waals surface area contributed by atoms with Gasteiger partial charge in [0.05, 0.1) is 0 Å². The number of likely N-dealkylation sites (N-methyl/N-ethyl adjacent to an activating group) is 1. The molecule has 1 aliphatic heterocycles. The highest BCUT2D eigenvalue weighted by atomic mass is 16.5. The lowest BCUT2D eigenvalue weighted by Crippen LogP contribution is -2.32. The number of hydrogen-bond donors (Lipinski definition) is 1. The average molecular weight is 254 g/mol. The van der Waals surface area contributed by atoms with Crippen LogP contribution in [0.4, 0.5) is 0 Å². The summed E-state index contributed by atoms with van der Waals surface area (Å²) in [5.74, 6) is 1.03. The number of hydrogen-bond acceptors (Lipinski definition) is 3. The quantitative estimate of drug-likeness (QED) is 0.914. The standard InChI is InChI=1S/C16H18N2O/c1-17-11-14-8-7-12-4-2-6-15(16(12)19-14)13-5-3-9-18-10-13/h2-6,9-10,14,17H,7-8,11H2,1H3/t14-/m1/s1. The van der Waals surface area contributed by atoms with Gasteiger partial charge in [-0.05, 0) is 31.5 Å². The first-order chi connectivity index (χ1) is 9.38. The summed E-state index contributed by atoms with van der Waals surface area (Å²) in [4.78, 5) is 4.20. The maximum absolute atomic E-state index is 6.17. The van der Waals surface area contributed by atoms with Gasteiger partial charge in [-0.1, -0.05) is 24.3 Å². The van der Waals surface area contributed by atoms with E-state index in [0.717, 1.165) is 36.3 Å². The fourth-order valence-corrected chi connectivity index (χ4v) is 2.58. The van der Waals surface area contributed by atoms with Crippen molar-refractivity contribution in [2.75, 3.05) is 13.6 Å². The van der Waals surface area contributed by atoms with Crippen molar-refractivity contribution in [2.24, 2.45) is 0 Å². The monoisotopic (exact) mass is 254 g/mol. The van der Waals surface area contributed by atoms with Crippen LogP contribution in [0.3, 0.4) is 0 Å². The first-order valence-corrected chi connectivity index (χ1v) is 6.72. The Balaban J connectivity index is 1.99. The van der Waals surface area contributed by atoms with E-state index in [0.29, 0.717) is 0 Å². The van der Waals surface area contributed by atoms with Gasteiger partial charge in [0.15, 0.2) is 0 Å². The molecule has 0 spiro atoms. The van der Waals surface area contributed by atoms with Gasteiger partial charge in [-0.15, -0.1) is 0 Å². The van der Waals surface area contributed by atoms with E-state index in [1.54, 1.807) is 6.20 Å². The molecule has 1 aliphatic rings. The average Bonchev–Trinajstić information content (AvgIpc) is 2.48. The highest BCUT2D eigenvalue weighted by Gasteiger charge is 2.22. The number of aromatic nitrogens is 1. The third-order valence-corrected chi connectivity index (χ3v) is 3.52. The number of pyridine rings is 1. The molecule has 0 saturated carbocycles. The Bertz CT molecular complexity index is 554. The molecule has 3 heteroatoms. The van der Waals surface area contributed by atoms with Crippen LogP contribution < -0.4 is 10.1 Å². The number of para-hydroxylation sites is 1. The normalized spacial score (nSPS) is 17.6. The topological polar surface area (TPSA) is 34.2 Å². The van der Waals surface area contributed by atoms with E-state index in [2.05, 4.69) is 34.6 Å². The Morgan fingerprint density at radius 2 is 2.26 bits per heavy atom. The number of nitrogens with one attached hydrogen (secondary N) is 1. The second-order valence-corrected chi connectivity index (χ2v) is 4.87. The molecule has 1 atom stereocenters. The lowest BCUT2D eigenvalue weighted by atomic mass is 9.96. The Morgan fingerprint density at radius 3 is 3.05 bits per heavy atom. The summed E-state index contributed by atoms with van der Waals surface area (Å²) in [7, 11) is 1.96. The third-order valence-electron chi connectivity index (χ3n) is 3.52. The van der Waals surface area contributed by atoms with Crippen molar-refractivity contribution in [3.8, 4) is 16.9 Å². The highest BCUT2D eigenvalue weighted by Crippen LogP contribution is 2.37. The van der Waals surface area contributed by atoms with Crippen molar-refractivity contribution in [3.05, 3.63) is 48.3 Å². The van der Waals surface area contributed by atoms with Crippen LogP contribution in [0.25, 0.3) is 11.1 Å². The molecule has 2 heterocycles. The molecule has 0 bridgehead atoms. The first kappa shape index (κ1) is 12.2. The lowest BCUT2D eigenvalue weighted by Gasteiger charge is -2.27. The van der Waals surface area contributed by atoms with Gasteiger partial charge in [0.25, 0.3) is 0 Å². The zero-order chi connectivity index (χ0) is 13.1. The highest BCUT2D eigenvalue weighted by molar-refractivity contribution is 5.71. The van der Waals surface area contributed by atoms with Crippen molar-refractivity contribution in [2.45, 2.75) is 18.9 Å². The molecule has 1 aromatic carbocycles. The maximum atomic E-state index is 6.17. The number of rotatable bonds is 3. The summed E-state index contributed by atoms with van der Waals surface area (Å²) in [6.07, 6.45) is 6.10. The smallest absolute Gasteiger partial charge is 0.130 e. The lowest BCUT2D eigenvalue weighted by molar-refractivity contribution is 0.174. The van der Waals surface area contributed by atoms with Crippen molar-refractivity contribution in [1.29, 1.82) is 0 Å². The summed E-state index contributed by atoms with van der Waals surface area (Å²) in [5, 5.41) is 3.19. The van der Waals surface area contributed by atoms with Crippen LogP contribution in [0.2, 0.25) is 0 Å². The van der Waals surface area contributed by atoms with Crippen LogP contribution in [0.1, 0.15) is 12.0 Å². The van der Waals surface area contributed by atoms with E-state index >= 15 is 0 Å². The van der Waals surface area contributed by atoms with Crippen molar-refractivity contribution >= 4 is 0 Å². The molecule has 19 heavy (non-hydrogen) atoms. The second-order valence-electron chi connectivity index (χ2n) is 4.87. The molecule has 0 radical (unpaired) electrons. The van der Waals surface area contributed by atoms with Crippen LogP contribution >= 0.6 is 0 Å². The van der Waals surface area contributed by atoms with Gasteiger partial charge in [0.1, 0.15) is 11.9 Å². The van der Waals surface area contributed by atoms with Crippen molar-refractivity contribution in [1.82, 2.24) is 10.3 Å². The molecule has 3 rings (SSSR count). The number of benzene rings is 1. The largest absolute Gasteiger partial charge is 0.488 e. The summed E-state index contributed by atoms with van der Waals surface area (Å²) < 4.78 is 6.17. The molecule has 0 amide bonds. The Kier molecular flexibility index (Phi) is 3.47. The molecule has 98 valence electrons. The third kappa shape index (κ3) is 2.47. The number of ether oxygens (including phenoxy) is 1. The molecule has 3 nitrogen and oxygen atoms in total.